The molecule has 0 N–H and O–H groups in total. The lowest BCUT2D eigenvalue weighted by atomic mass is 10.3. The van der Waals surface area contributed by atoms with Crippen molar-refractivity contribution in [3.63, 3.8) is 0 Å². The molecule has 0 saturated carbocycles. The molecule has 2 heteroatoms. The van der Waals surface area contributed by atoms with Gasteiger partial charge in [0.05, 0.1) is 19.8 Å². The molecule has 0 spiro atoms. The van der Waals surface area contributed by atoms with Crippen molar-refractivity contribution in [3.05, 3.63) is 6.61 Å². The summed E-state index contributed by atoms with van der Waals surface area (Å²) in [6.45, 7) is 5.11. The summed E-state index contributed by atoms with van der Waals surface area (Å²) in [5.41, 5.74) is 0. The average molecular weight is 101 g/mol. The van der Waals surface area contributed by atoms with Crippen LogP contribution in [-0.4, -0.2) is 19.3 Å². The summed E-state index contributed by atoms with van der Waals surface area (Å²) in [5.74, 6) is 0. The van der Waals surface area contributed by atoms with E-state index in [0.717, 1.165) is 13.2 Å². The molecule has 0 aliphatic carbocycles. The number of rotatable bonds is 2. The van der Waals surface area contributed by atoms with Gasteiger partial charge in [0.1, 0.15) is 6.10 Å². The smallest absolute Gasteiger partial charge is 0.105 e. The lowest BCUT2D eigenvalue weighted by Crippen LogP contribution is -2.35. The topological polar surface area (TPSA) is 18.5 Å². The summed E-state index contributed by atoms with van der Waals surface area (Å²) < 4.78 is 9.87. The van der Waals surface area contributed by atoms with Crippen LogP contribution >= 0.6 is 0 Å². The Bertz CT molecular complexity index is 50.0. The molecule has 0 amide bonds. The molecular weight excluding hydrogens is 92.1 g/mol. The van der Waals surface area contributed by atoms with Crippen molar-refractivity contribution in [2.24, 2.45) is 0 Å². The molecule has 1 aliphatic heterocycles. The molecule has 2 nitrogen and oxygen atoms in total. The largest absolute Gasteiger partial charge is 0.376 e. The minimum atomic E-state index is 0.352. The third-order valence-electron chi connectivity index (χ3n) is 0.936. The summed E-state index contributed by atoms with van der Waals surface area (Å²) in [7, 11) is 0. The van der Waals surface area contributed by atoms with Crippen molar-refractivity contribution in [2.45, 2.75) is 13.0 Å². The first-order valence-electron chi connectivity index (χ1n) is 2.44. The molecule has 0 bridgehead atoms. The van der Waals surface area contributed by atoms with Crippen LogP contribution in [0.5, 0.6) is 0 Å². The Kier molecular flexibility index (Phi) is 1.65. The third-order valence-corrected chi connectivity index (χ3v) is 0.936. The highest BCUT2D eigenvalue weighted by atomic mass is 16.6. The monoisotopic (exact) mass is 101 g/mol. The van der Waals surface area contributed by atoms with Crippen LogP contribution in [-0.2, 0) is 9.47 Å². The van der Waals surface area contributed by atoms with Crippen LogP contribution in [0.15, 0.2) is 0 Å². The molecule has 1 aliphatic rings. The SMILES string of the molecule is C[CH]OC1COC1. The second kappa shape index (κ2) is 2.28. The van der Waals surface area contributed by atoms with Gasteiger partial charge in [0, 0.05) is 0 Å². The predicted octanol–water partition coefficient (Wildman–Crippen LogP) is 0.583. The van der Waals surface area contributed by atoms with Gasteiger partial charge in [-0.25, -0.2) is 0 Å². The molecule has 7 heavy (non-hydrogen) atoms. The van der Waals surface area contributed by atoms with E-state index in [4.69, 9.17) is 9.47 Å². The maximum atomic E-state index is 5.03. The van der Waals surface area contributed by atoms with E-state index in [0.29, 0.717) is 6.10 Å². The molecule has 0 unspecified atom stereocenters. The molecular formula is C5H9O2. The van der Waals surface area contributed by atoms with Gasteiger partial charge in [0.15, 0.2) is 0 Å². The molecule has 1 heterocycles. The Morgan fingerprint density at radius 1 is 1.71 bits per heavy atom. The van der Waals surface area contributed by atoms with Gasteiger partial charge in [-0.2, -0.15) is 0 Å². The Morgan fingerprint density at radius 3 is 2.57 bits per heavy atom. The van der Waals surface area contributed by atoms with E-state index in [1.165, 1.54) is 0 Å². The van der Waals surface area contributed by atoms with Gasteiger partial charge in [0.2, 0.25) is 0 Å². The molecule has 1 saturated heterocycles. The summed E-state index contributed by atoms with van der Waals surface area (Å²) in [6, 6.07) is 0. The van der Waals surface area contributed by atoms with E-state index in [1.807, 2.05) is 6.92 Å². The first-order chi connectivity index (χ1) is 3.43. The van der Waals surface area contributed by atoms with Gasteiger partial charge in [-0.1, -0.05) is 0 Å². The van der Waals surface area contributed by atoms with Gasteiger partial charge in [-0.3, -0.25) is 0 Å². The van der Waals surface area contributed by atoms with Crippen molar-refractivity contribution in [3.8, 4) is 0 Å². The zero-order valence-corrected chi connectivity index (χ0v) is 4.39. The van der Waals surface area contributed by atoms with E-state index < -0.39 is 0 Å². The minimum Gasteiger partial charge on any atom is -0.376 e. The average Bonchev–Trinajstić information content (AvgIpc) is 1.55. The fourth-order valence-corrected chi connectivity index (χ4v) is 0.485. The first kappa shape index (κ1) is 5.06. The van der Waals surface area contributed by atoms with E-state index in [2.05, 4.69) is 0 Å². The van der Waals surface area contributed by atoms with Crippen LogP contribution in [0.25, 0.3) is 0 Å². The molecule has 0 atom stereocenters. The molecule has 41 valence electrons. The molecule has 0 aromatic carbocycles. The Labute approximate surface area is 43.4 Å². The molecule has 0 aromatic rings. The molecule has 1 rings (SSSR count). The van der Waals surface area contributed by atoms with Crippen LogP contribution in [0, 0.1) is 6.61 Å². The zero-order valence-electron chi connectivity index (χ0n) is 4.39. The highest BCUT2D eigenvalue weighted by Crippen LogP contribution is 2.05. The van der Waals surface area contributed by atoms with Gasteiger partial charge < -0.3 is 9.47 Å². The van der Waals surface area contributed by atoms with Crippen LogP contribution in [0.3, 0.4) is 0 Å². The highest BCUT2D eigenvalue weighted by molar-refractivity contribution is 4.64. The van der Waals surface area contributed by atoms with Crippen molar-refractivity contribution >= 4 is 0 Å². The molecule has 1 radical (unpaired) electrons. The number of ether oxygens (including phenoxy) is 2. The Morgan fingerprint density at radius 2 is 2.43 bits per heavy atom. The van der Waals surface area contributed by atoms with E-state index in [9.17, 15) is 0 Å². The fraction of sp³-hybridized carbons (Fsp3) is 0.800. The predicted molar refractivity (Wildman–Crippen MR) is 25.7 cm³/mol. The van der Waals surface area contributed by atoms with Crippen molar-refractivity contribution < 1.29 is 9.47 Å². The van der Waals surface area contributed by atoms with Gasteiger partial charge >= 0.3 is 0 Å². The fourth-order valence-electron chi connectivity index (χ4n) is 0.485. The third kappa shape index (κ3) is 1.14. The van der Waals surface area contributed by atoms with Gasteiger partial charge in [-0.05, 0) is 6.92 Å². The van der Waals surface area contributed by atoms with Crippen LogP contribution in [0.2, 0.25) is 0 Å². The number of hydrogen-bond donors (Lipinski definition) is 0. The highest BCUT2D eigenvalue weighted by Gasteiger charge is 2.17. The van der Waals surface area contributed by atoms with Gasteiger partial charge in [-0.15, -0.1) is 0 Å². The second-order valence-corrected chi connectivity index (χ2v) is 1.53. The summed E-state index contributed by atoms with van der Waals surface area (Å²) >= 11 is 0. The second-order valence-electron chi connectivity index (χ2n) is 1.53. The standard InChI is InChI=1S/C5H9O2/c1-2-7-5-3-6-4-5/h2,5H,3-4H2,1H3. The summed E-state index contributed by atoms with van der Waals surface area (Å²) in [5, 5.41) is 0. The Balaban J connectivity index is 1.93. The van der Waals surface area contributed by atoms with Gasteiger partial charge in [0.25, 0.3) is 0 Å². The number of hydrogen-bond acceptors (Lipinski definition) is 2. The molecule has 1 fully saturated rings. The van der Waals surface area contributed by atoms with Crippen molar-refractivity contribution in [1.29, 1.82) is 0 Å². The quantitative estimate of drug-likeness (QED) is 0.506. The summed E-state index contributed by atoms with van der Waals surface area (Å²) in [6.07, 6.45) is 0.352. The normalized spacial score (nSPS) is 21.9. The van der Waals surface area contributed by atoms with E-state index in [-0.39, 0.29) is 0 Å². The lowest BCUT2D eigenvalue weighted by Gasteiger charge is -2.24. The van der Waals surface area contributed by atoms with Crippen LogP contribution < -0.4 is 0 Å². The van der Waals surface area contributed by atoms with Crippen LogP contribution in [0.4, 0.5) is 0 Å². The lowest BCUT2D eigenvalue weighted by molar-refractivity contribution is -0.110. The maximum Gasteiger partial charge on any atom is 0.105 e. The first-order valence-corrected chi connectivity index (χ1v) is 2.44. The maximum absolute atomic E-state index is 5.03. The van der Waals surface area contributed by atoms with E-state index in [1.54, 1.807) is 6.61 Å². The van der Waals surface area contributed by atoms with E-state index >= 15 is 0 Å². The molecule has 0 aromatic heterocycles. The Hall–Kier alpha value is -0.0800. The summed E-state index contributed by atoms with van der Waals surface area (Å²) in [4.78, 5) is 0. The van der Waals surface area contributed by atoms with Crippen molar-refractivity contribution in [1.82, 2.24) is 0 Å². The van der Waals surface area contributed by atoms with Crippen LogP contribution in [0.1, 0.15) is 6.92 Å². The van der Waals surface area contributed by atoms with Crippen molar-refractivity contribution in [2.75, 3.05) is 13.2 Å². The zero-order chi connectivity index (χ0) is 5.11. The minimum absolute atomic E-state index is 0.352.